The summed E-state index contributed by atoms with van der Waals surface area (Å²) < 4.78 is 0. The molecular formula is C17H18N4O. The van der Waals surface area contributed by atoms with Gasteiger partial charge in [-0.1, -0.05) is 12.1 Å². The largest absolute Gasteiger partial charge is 0.370 e. The van der Waals surface area contributed by atoms with Gasteiger partial charge in [0.25, 0.3) is 5.91 Å². The van der Waals surface area contributed by atoms with E-state index in [4.69, 9.17) is 5.26 Å². The zero-order chi connectivity index (χ0) is 15.9. The normalized spacial score (nSPS) is 9.86. The van der Waals surface area contributed by atoms with Gasteiger partial charge in [0.1, 0.15) is 5.69 Å². The van der Waals surface area contributed by atoms with Gasteiger partial charge in [-0.3, -0.25) is 9.78 Å². The first-order valence-corrected chi connectivity index (χ1v) is 7.08. The first-order chi connectivity index (χ1) is 10.6. The lowest BCUT2D eigenvalue weighted by Gasteiger charge is -2.19. The summed E-state index contributed by atoms with van der Waals surface area (Å²) in [4.78, 5) is 18.0. The molecule has 5 nitrogen and oxygen atoms in total. The highest BCUT2D eigenvalue weighted by Gasteiger charge is 2.09. The van der Waals surface area contributed by atoms with Crippen LogP contribution in [-0.4, -0.2) is 24.5 Å². The van der Waals surface area contributed by atoms with E-state index in [1.54, 1.807) is 24.4 Å². The highest BCUT2D eigenvalue weighted by molar-refractivity contribution is 5.93. The van der Waals surface area contributed by atoms with Crippen LogP contribution in [0.1, 0.15) is 28.5 Å². The predicted molar refractivity (Wildman–Crippen MR) is 85.5 cm³/mol. The number of nitrogens with one attached hydrogen (secondary N) is 1. The zero-order valence-corrected chi connectivity index (χ0v) is 12.7. The van der Waals surface area contributed by atoms with Crippen molar-refractivity contribution in [3.8, 4) is 6.07 Å². The van der Waals surface area contributed by atoms with E-state index < -0.39 is 0 Å². The van der Waals surface area contributed by atoms with E-state index in [0.29, 0.717) is 24.3 Å². The number of nitrogens with zero attached hydrogens (tertiary/aromatic N) is 3. The van der Waals surface area contributed by atoms with Gasteiger partial charge in [-0.2, -0.15) is 5.26 Å². The molecule has 0 atom stereocenters. The van der Waals surface area contributed by atoms with Gasteiger partial charge in [0.2, 0.25) is 0 Å². The third-order valence-corrected chi connectivity index (χ3v) is 3.26. The molecule has 0 saturated heterocycles. The smallest absolute Gasteiger partial charge is 0.269 e. The fourth-order valence-corrected chi connectivity index (χ4v) is 2.08. The van der Waals surface area contributed by atoms with Crippen LogP contribution in [-0.2, 0) is 6.54 Å². The van der Waals surface area contributed by atoms with Crippen LogP contribution in [0.5, 0.6) is 0 Å². The van der Waals surface area contributed by atoms with E-state index in [1.807, 2.05) is 37.1 Å². The summed E-state index contributed by atoms with van der Waals surface area (Å²) in [5, 5.41) is 11.5. The Kier molecular flexibility index (Phi) is 5.10. The lowest BCUT2D eigenvalue weighted by molar-refractivity contribution is 0.0951. The van der Waals surface area contributed by atoms with Crippen LogP contribution >= 0.6 is 0 Å². The lowest BCUT2D eigenvalue weighted by atomic mass is 10.1. The van der Waals surface area contributed by atoms with Crippen molar-refractivity contribution in [1.82, 2.24) is 10.3 Å². The minimum Gasteiger partial charge on any atom is -0.370 e. The summed E-state index contributed by atoms with van der Waals surface area (Å²) in [6.07, 6.45) is 1.63. The number of aromatic nitrogens is 1. The van der Waals surface area contributed by atoms with Crippen LogP contribution in [0.25, 0.3) is 0 Å². The monoisotopic (exact) mass is 294 g/mol. The van der Waals surface area contributed by atoms with Gasteiger partial charge >= 0.3 is 0 Å². The SMILES string of the molecule is CCNC(=O)c1cc(N(C)Cc2ccc(C#N)cc2)ccn1. The standard InChI is InChI=1S/C17H18N4O/c1-3-19-17(22)16-10-15(8-9-20-16)21(2)12-14-6-4-13(11-18)5-7-14/h4-10H,3,12H2,1-2H3,(H,19,22). The number of carbonyl (C=O) groups is 1. The predicted octanol–water partition coefficient (Wildman–Crippen LogP) is 2.34. The Morgan fingerprint density at radius 1 is 1.32 bits per heavy atom. The second kappa shape index (κ2) is 7.23. The van der Waals surface area contributed by atoms with Crippen molar-refractivity contribution in [1.29, 1.82) is 5.26 Å². The van der Waals surface area contributed by atoms with E-state index in [1.165, 1.54) is 0 Å². The number of amides is 1. The van der Waals surface area contributed by atoms with E-state index >= 15 is 0 Å². The molecule has 0 aliphatic rings. The summed E-state index contributed by atoms with van der Waals surface area (Å²) in [7, 11) is 1.95. The van der Waals surface area contributed by atoms with Crippen molar-refractivity contribution >= 4 is 11.6 Å². The number of carbonyl (C=O) groups excluding carboxylic acids is 1. The van der Waals surface area contributed by atoms with E-state index in [2.05, 4.69) is 16.4 Å². The molecule has 1 aromatic heterocycles. The van der Waals surface area contributed by atoms with E-state index in [0.717, 1.165) is 11.3 Å². The van der Waals surface area contributed by atoms with Crippen LogP contribution in [0.3, 0.4) is 0 Å². The van der Waals surface area contributed by atoms with Gasteiger partial charge in [0.15, 0.2) is 0 Å². The third kappa shape index (κ3) is 3.83. The Labute approximate surface area is 130 Å². The van der Waals surface area contributed by atoms with Crippen LogP contribution in [0, 0.1) is 11.3 Å². The van der Waals surface area contributed by atoms with Crippen LogP contribution in [0.2, 0.25) is 0 Å². The number of anilines is 1. The summed E-state index contributed by atoms with van der Waals surface area (Å²) >= 11 is 0. The molecule has 0 radical (unpaired) electrons. The Bertz CT molecular complexity index is 689. The van der Waals surface area contributed by atoms with Crippen molar-refractivity contribution in [3.05, 3.63) is 59.4 Å². The van der Waals surface area contributed by atoms with E-state index in [-0.39, 0.29) is 5.91 Å². The maximum atomic E-state index is 11.8. The molecule has 0 aliphatic carbocycles. The summed E-state index contributed by atoms with van der Waals surface area (Å²) in [6, 6.07) is 13.2. The molecule has 0 spiro atoms. The Morgan fingerprint density at radius 3 is 2.68 bits per heavy atom. The summed E-state index contributed by atoms with van der Waals surface area (Å²) in [5.41, 5.74) is 3.07. The molecule has 1 amide bonds. The second-order valence-corrected chi connectivity index (χ2v) is 4.92. The second-order valence-electron chi connectivity index (χ2n) is 4.92. The highest BCUT2D eigenvalue weighted by Crippen LogP contribution is 2.16. The summed E-state index contributed by atoms with van der Waals surface area (Å²) in [6.45, 7) is 3.13. The van der Waals surface area contributed by atoms with Crippen molar-refractivity contribution in [2.45, 2.75) is 13.5 Å². The molecule has 0 fully saturated rings. The Balaban J connectivity index is 2.11. The molecule has 1 N–H and O–H groups in total. The van der Waals surface area contributed by atoms with Gasteiger partial charge < -0.3 is 10.2 Å². The van der Waals surface area contributed by atoms with Crippen molar-refractivity contribution in [3.63, 3.8) is 0 Å². The molecule has 2 rings (SSSR count). The zero-order valence-electron chi connectivity index (χ0n) is 12.7. The highest BCUT2D eigenvalue weighted by atomic mass is 16.1. The lowest BCUT2D eigenvalue weighted by Crippen LogP contribution is -2.24. The first kappa shape index (κ1) is 15.5. The van der Waals surface area contributed by atoms with Crippen LogP contribution in [0.4, 0.5) is 5.69 Å². The topological polar surface area (TPSA) is 69.0 Å². The molecule has 1 heterocycles. The van der Waals surface area contributed by atoms with Crippen molar-refractivity contribution in [2.24, 2.45) is 0 Å². The van der Waals surface area contributed by atoms with Gasteiger partial charge in [0, 0.05) is 32.0 Å². The number of pyridine rings is 1. The van der Waals surface area contributed by atoms with Crippen molar-refractivity contribution in [2.75, 3.05) is 18.5 Å². The molecule has 2 aromatic rings. The first-order valence-electron chi connectivity index (χ1n) is 7.08. The minimum atomic E-state index is -0.170. The maximum absolute atomic E-state index is 11.8. The third-order valence-electron chi connectivity index (χ3n) is 3.26. The molecule has 1 aromatic carbocycles. The van der Waals surface area contributed by atoms with Gasteiger partial charge in [-0.25, -0.2) is 0 Å². The molecule has 0 aliphatic heterocycles. The maximum Gasteiger partial charge on any atom is 0.269 e. The number of hydrogen-bond donors (Lipinski definition) is 1. The molecule has 22 heavy (non-hydrogen) atoms. The number of hydrogen-bond acceptors (Lipinski definition) is 4. The molecule has 0 unspecified atom stereocenters. The van der Waals surface area contributed by atoms with Gasteiger partial charge in [-0.15, -0.1) is 0 Å². The Morgan fingerprint density at radius 2 is 2.05 bits per heavy atom. The number of rotatable bonds is 5. The number of nitriles is 1. The van der Waals surface area contributed by atoms with Crippen molar-refractivity contribution < 1.29 is 4.79 Å². The molecular weight excluding hydrogens is 276 g/mol. The molecule has 0 bridgehead atoms. The fourth-order valence-electron chi connectivity index (χ4n) is 2.08. The summed E-state index contributed by atoms with van der Waals surface area (Å²) in [5.74, 6) is -0.170. The minimum absolute atomic E-state index is 0.170. The fraction of sp³-hybridized carbons (Fsp3) is 0.235. The Hall–Kier alpha value is -2.87. The van der Waals surface area contributed by atoms with Crippen LogP contribution < -0.4 is 10.2 Å². The molecule has 0 saturated carbocycles. The van der Waals surface area contributed by atoms with Crippen LogP contribution in [0.15, 0.2) is 42.6 Å². The van der Waals surface area contributed by atoms with Gasteiger partial charge in [-0.05, 0) is 36.8 Å². The molecule has 112 valence electrons. The van der Waals surface area contributed by atoms with Gasteiger partial charge in [0.05, 0.1) is 11.6 Å². The average molecular weight is 294 g/mol. The average Bonchev–Trinajstić information content (AvgIpc) is 2.56. The molecule has 5 heteroatoms. The quantitative estimate of drug-likeness (QED) is 0.919. The number of benzene rings is 1. The van der Waals surface area contributed by atoms with E-state index in [9.17, 15) is 4.79 Å².